The van der Waals surface area contributed by atoms with E-state index in [1.807, 2.05) is 32.9 Å². The number of hydrogen-bond donors (Lipinski definition) is 1. The van der Waals surface area contributed by atoms with Gasteiger partial charge in [0, 0.05) is 24.3 Å². The van der Waals surface area contributed by atoms with Gasteiger partial charge >= 0.3 is 0 Å². The second kappa shape index (κ2) is 8.05. The summed E-state index contributed by atoms with van der Waals surface area (Å²) in [5, 5.41) is 2.95. The summed E-state index contributed by atoms with van der Waals surface area (Å²) in [5.74, 6) is 0.317. The minimum atomic E-state index is -3.50. The normalized spacial score (nSPS) is 16.1. The van der Waals surface area contributed by atoms with Crippen LogP contribution in [0.25, 0.3) is 0 Å². The quantitative estimate of drug-likeness (QED) is 0.833. The van der Waals surface area contributed by atoms with Crippen LogP contribution in [-0.4, -0.2) is 31.7 Å². The third-order valence-corrected chi connectivity index (χ3v) is 7.33. The van der Waals surface area contributed by atoms with Crippen LogP contribution in [0.15, 0.2) is 41.3 Å². The van der Waals surface area contributed by atoms with E-state index in [-0.39, 0.29) is 10.8 Å². The predicted molar refractivity (Wildman–Crippen MR) is 112 cm³/mol. The highest BCUT2D eigenvalue weighted by Gasteiger charge is 2.28. The van der Waals surface area contributed by atoms with Gasteiger partial charge in [-0.15, -0.1) is 0 Å². The van der Waals surface area contributed by atoms with E-state index in [1.54, 1.807) is 16.4 Å². The maximum absolute atomic E-state index is 12.8. The minimum absolute atomic E-state index is 0.237. The van der Waals surface area contributed by atoms with Gasteiger partial charge < -0.3 is 5.32 Å². The topological polar surface area (TPSA) is 66.5 Å². The fourth-order valence-electron chi connectivity index (χ4n) is 3.72. The average Bonchev–Trinajstić information content (AvgIpc) is 2.65. The molecule has 2 aromatic carbocycles. The van der Waals surface area contributed by atoms with Gasteiger partial charge in [0.2, 0.25) is 10.0 Å². The molecule has 0 atom stereocenters. The van der Waals surface area contributed by atoms with E-state index in [4.69, 9.17) is 0 Å². The van der Waals surface area contributed by atoms with Gasteiger partial charge in [-0.05, 0) is 74.9 Å². The first-order chi connectivity index (χ1) is 13.2. The molecule has 3 rings (SSSR count). The summed E-state index contributed by atoms with van der Waals surface area (Å²) in [6.45, 7) is 9.20. The van der Waals surface area contributed by atoms with Gasteiger partial charge in [0.15, 0.2) is 0 Å². The van der Waals surface area contributed by atoms with Gasteiger partial charge in [0.1, 0.15) is 0 Å². The molecule has 0 radical (unpaired) electrons. The van der Waals surface area contributed by atoms with Gasteiger partial charge in [-0.1, -0.05) is 24.6 Å². The number of piperidine rings is 1. The average molecular weight is 401 g/mol. The van der Waals surface area contributed by atoms with E-state index in [2.05, 4.69) is 12.2 Å². The highest BCUT2D eigenvalue weighted by Crippen LogP contribution is 2.25. The molecule has 150 valence electrons. The minimum Gasteiger partial charge on any atom is -0.322 e. The van der Waals surface area contributed by atoms with Crippen molar-refractivity contribution in [1.29, 1.82) is 0 Å². The second-order valence-electron chi connectivity index (χ2n) is 7.84. The molecular weight excluding hydrogens is 372 g/mol. The number of nitrogens with zero attached hydrogens (tertiary/aromatic N) is 1. The van der Waals surface area contributed by atoms with Crippen LogP contribution in [0.2, 0.25) is 0 Å². The van der Waals surface area contributed by atoms with Crippen molar-refractivity contribution in [3.63, 3.8) is 0 Å². The Morgan fingerprint density at radius 3 is 2.07 bits per heavy atom. The lowest BCUT2D eigenvalue weighted by Crippen LogP contribution is -2.37. The third-order valence-electron chi connectivity index (χ3n) is 5.41. The lowest BCUT2D eigenvalue weighted by atomic mass is 10.0. The third kappa shape index (κ3) is 4.28. The predicted octanol–water partition coefficient (Wildman–Crippen LogP) is 4.28. The number of carbonyl (C=O) groups is 1. The summed E-state index contributed by atoms with van der Waals surface area (Å²) in [7, 11) is -3.50. The summed E-state index contributed by atoms with van der Waals surface area (Å²) in [6.07, 6.45) is 1.77. The number of nitrogens with one attached hydrogen (secondary N) is 1. The van der Waals surface area contributed by atoms with Crippen molar-refractivity contribution >= 4 is 21.6 Å². The lowest BCUT2D eigenvalue weighted by molar-refractivity contribution is 0.102. The van der Waals surface area contributed by atoms with Crippen LogP contribution in [0.1, 0.15) is 46.8 Å². The molecule has 5 nitrogen and oxygen atoms in total. The van der Waals surface area contributed by atoms with Gasteiger partial charge in [-0.2, -0.15) is 4.31 Å². The molecule has 0 aromatic heterocycles. The van der Waals surface area contributed by atoms with Gasteiger partial charge in [-0.3, -0.25) is 4.79 Å². The van der Waals surface area contributed by atoms with Gasteiger partial charge in [0.25, 0.3) is 5.91 Å². The van der Waals surface area contributed by atoms with Crippen LogP contribution in [0.4, 0.5) is 5.69 Å². The lowest BCUT2D eigenvalue weighted by Gasteiger charge is -2.29. The van der Waals surface area contributed by atoms with Crippen molar-refractivity contribution in [1.82, 2.24) is 4.31 Å². The van der Waals surface area contributed by atoms with E-state index in [0.717, 1.165) is 35.2 Å². The van der Waals surface area contributed by atoms with Crippen LogP contribution in [-0.2, 0) is 10.0 Å². The molecule has 1 amide bonds. The zero-order valence-electron chi connectivity index (χ0n) is 17.0. The molecule has 1 saturated heterocycles. The Hall–Kier alpha value is -2.18. The Morgan fingerprint density at radius 2 is 1.54 bits per heavy atom. The summed E-state index contributed by atoms with van der Waals surface area (Å²) >= 11 is 0. The van der Waals surface area contributed by atoms with Crippen LogP contribution in [0, 0.1) is 26.7 Å². The standard InChI is InChI=1S/C22H28N2O3S/c1-15-9-11-24(12-10-15)28(26,27)20-7-5-19(6-8-20)22(25)23-21-17(3)13-16(2)14-18(21)4/h5-8,13-15H,9-12H2,1-4H3,(H,23,25). The van der Waals surface area contributed by atoms with Crippen molar-refractivity contribution in [2.24, 2.45) is 5.92 Å². The summed E-state index contributed by atoms with van der Waals surface area (Å²) in [4.78, 5) is 12.9. The first-order valence-corrected chi connectivity index (χ1v) is 11.1. The molecule has 0 bridgehead atoms. The fraction of sp³-hybridized carbons (Fsp3) is 0.409. The molecule has 0 aliphatic carbocycles. The SMILES string of the molecule is Cc1cc(C)c(NC(=O)c2ccc(S(=O)(=O)N3CCC(C)CC3)cc2)c(C)c1. The van der Waals surface area contributed by atoms with E-state index < -0.39 is 10.0 Å². The number of carbonyl (C=O) groups excluding carboxylic acids is 1. The number of benzene rings is 2. The molecule has 1 heterocycles. The largest absolute Gasteiger partial charge is 0.322 e. The maximum Gasteiger partial charge on any atom is 0.255 e. The maximum atomic E-state index is 12.8. The Bertz CT molecular complexity index is 950. The highest BCUT2D eigenvalue weighted by molar-refractivity contribution is 7.89. The molecule has 1 N–H and O–H groups in total. The van der Waals surface area contributed by atoms with Crippen molar-refractivity contribution < 1.29 is 13.2 Å². The number of anilines is 1. The second-order valence-corrected chi connectivity index (χ2v) is 9.78. The van der Waals surface area contributed by atoms with Crippen molar-refractivity contribution in [3.8, 4) is 0 Å². The van der Waals surface area contributed by atoms with Gasteiger partial charge in [-0.25, -0.2) is 8.42 Å². The zero-order chi connectivity index (χ0) is 20.5. The molecule has 2 aromatic rings. The molecule has 28 heavy (non-hydrogen) atoms. The molecule has 1 aliphatic heterocycles. The summed E-state index contributed by atoms with van der Waals surface area (Å²) in [5.41, 5.74) is 4.39. The Balaban J connectivity index is 1.76. The number of sulfonamides is 1. The molecular formula is C22H28N2O3S. The first kappa shape index (κ1) is 20.6. The molecule has 0 unspecified atom stereocenters. The summed E-state index contributed by atoms with van der Waals surface area (Å²) in [6, 6.07) is 10.3. The van der Waals surface area contributed by atoms with E-state index in [1.165, 1.54) is 12.1 Å². The van der Waals surface area contributed by atoms with E-state index in [0.29, 0.717) is 24.6 Å². The molecule has 1 fully saturated rings. The van der Waals surface area contributed by atoms with Crippen molar-refractivity contribution in [2.75, 3.05) is 18.4 Å². The Morgan fingerprint density at radius 1 is 1.00 bits per heavy atom. The van der Waals surface area contributed by atoms with Crippen LogP contribution < -0.4 is 5.32 Å². The number of aryl methyl sites for hydroxylation is 3. The number of amides is 1. The van der Waals surface area contributed by atoms with Crippen LogP contribution >= 0.6 is 0 Å². The Kier molecular flexibility index (Phi) is 5.91. The van der Waals surface area contributed by atoms with Gasteiger partial charge in [0.05, 0.1) is 4.90 Å². The Labute approximate surface area is 167 Å². The first-order valence-electron chi connectivity index (χ1n) is 9.68. The van der Waals surface area contributed by atoms with Crippen molar-refractivity contribution in [2.45, 2.75) is 45.4 Å². The monoisotopic (exact) mass is 400 g/mol. The van der Waals surface area contributed by atoms with Crippen LogP contribution in [0.3, 0.4) is 0 Å². The summed E-state index contributed by atoms with van der Waals surface area (Å²) < 4.78 is 27.2. The molecule has 6 heteroatoms. The zero-order valence-corrected chi connectivity index (χ0v) is 17.8. The number of hydrogen-bond acceptors (Lipinski definition) is 3. The van der Waals surface area contributed by atoms with E-state index in [9.17, 15) is 13.2 Å². The van der Waals surface area contributed by atoms with Crippen molar-refractivity contribution in [3.05, 3.63) is 58.7 Å². The molecule has 0 spiro atoms. The number of rotatable bonds is 4. The van der Waals surface area contributed by atoms with Crippen LogP contribution in [0.5, 0.6) is 0 Å². The highest BCUT2D eigenvalue weighted by atomic mass is 32.2. The smallest absolute Gasteiger partial charge is 0.255 e. The van der Waals surface area contributed by atoms with E-state index >= 15 is 0 Å². The fourth-order valence-corrected chi connectivity index (χ4v) is 5.19. The molecule has 0 saturated carbocycles. The molecule has 1 aliphatic rings.